The quantitative estimate of drug-likeness (QED) is 0.804. The van der Waals surface area contributed by atoms with Crippen LogP contribution in [0.3, 0.4) is 0 Å². The summed E-state index contributed by atoms with van der Waals surface area (Å²) in [7, 11) is 1.59. The Hall–Kier alpha value is -1.22. The summed E-state index contributed by atoms with van der Waals surface area (Å²) in [5.74, 6) is 1.37. The molecule has 3 nitrogen and oxygen atoms in total. The highest BCUT2D eigenvalue weighted by molar-refractivity contribution is 5.51. The van der Waals surface area contributed by atoms with Crippen LogP contribution in [-0.2, 0) is 0 Å². The van der Waals surface area contributed by atoms with E-state index in [9.17, 15) is 5.11 Å². The number of nitrogens with one attached hydrogen (secondary N) is 1. The number of hydrogen-bond acceptors (Lipinski definition) is 3. The first-order valence-corrected chi connectivity index (χ1v) is 5.81. The van der Waals surface area contributed by atoms with Crippen LogP contribution in [0.25, 0.3) is 0 Å². The zero-order valence-electron chi connectivity index (χ0n) is 9.92. The summed E-state index contributed by atoms with van der Waals surface area (Å²) in [6.07, 6.45) is 2.17. The second kappa shape index (κ2) is 4.74. The first-order chi connectivity index (χ1) is 7.74. The predicted octanol–water partition coefficient (Wildman–Crippen LogP) is 2.18. The second-order valence-electron chi connectivity index (χ2n) is 4.37. The molecule has 0 saturated carbocycles. The number of benzene rings is 1. The predicted molar refractivity (Wildman–Crippen MR) is 64.2 cm³/mol. The van der Waals surface area contributed by atoms with Crippen LogP contribution in [0.2, 0.25) is 0 Å². The molecule has 0 atom stereocenters. The summed E-state index contributed by atoms with van der Waals surface area (Å²) in [6, 6.07) is 3.85. The Labute approximate surface area is 96.4 Å². The highest BCUT2D eigenvalue weighted by Gasteiger charge is 2.22. The standard InChI is InChI=1S/C13H19NO2/c1-9-3-4-11(16-2)13(15)12(9)10-5-7-14-8-6-10/h3-4,10,14-15H,5-8H2,1-2H3. The van der Waals surface area contributed by atoms with E-state index in [2.05, 4.69) is 12.2 Å². The van der Waals surface area contributed by atoms with Gasteiger partial charge in [-0.1, -0.05) is 6.07 Å². The van der Waals surface area contributed by atoms with Crippen LogP contribution in [0.1, 0.15) is 29.9 Å². The van der Waals surface area contributed by atoms with Gasteiger partial charge >= 0.3 is 0 Å². The van der Waals surface area contributed by atoms with Gasteiger partial charge in [-0.3, -0.25) is 0 Å². The average Bonchev–Trinajstić information content (AvgIpc) is 2.31. The molecule has 3 heteroatoms. The van der Waals surface area contributed by atoms with Crippen molar-refractivity contribution in [3.63, 3.8) is 0 Å². The SMILES string of the molecule is COc1ccc(C)c(C2CCNCC2)c1O. The number of hydrogen-bond donors (Lipinski definition) is 2. The summed E-state index contributed by atoms with van der Waals surface area (Å²) >= 11 is 0. The van der Waals surface area contributed by atoms with Crippen molar-refractivity contribution in [2.45, 2.75) is 25.7 Å². The van der Waals surface area contributed by atoms with Crippen LogP contribution in [0, 0.1) is 6.92 Å². The Balaban J connectivity index is 2.37. The second-order valence-corrected chi connectivity index (χ2v) is 4.37. The first-order valence-electron chi connectivity index (χ1n) is 5.81. The molecule has 0 spiro atoms. The molecule has 2 N–H and O–H groups in total. The molecule has 1 fully saturated rings. The minimum Gasteiger partial charge on any atom is -0.504 e. The molecule has 0 bridgehead atoms. The number of piperidine rings is 1. The van der Waals surface area contributed by atoms with Gasteiger partial charge < -0.3 is 15.2 Å². The number of phenolic OH excluding ortho intramolecular Hbond substituents is 1. The molecular formula is C13H19NO2. The number of aryl methyl sites for hydroxylation is 1. The van der Waals surface area contributed by atoms with Crippen LogP contribution in [0.15, 0.2) is 12.1 Å². The molecule has 1 aromatic rings. The van der Waals surface area contributed by atoms with Gasteiger partial charge in [0.1, 0.15) is 0 Å². The Morgan fingerprint density at radius 2 is 2.00 bits per heavy atom. The maximum atomic E-state index is 10.2. The van der Waals surface area contributed by atoms with E-state index in [-0.39, 0.29) is 0 Å². The van der Waals surface area contributed by atoms with E-state index >= 15 is 0 Å². The summed E-state index contributed by atoms with van der Waals surface area (Å²) < 4.78 is 5.17. The van der Waals surface area contributed by atoms with E-state index < -0.39 is 0 Å². The fourth-order valence-electron chi connectivity index (χ4n) is 2.48. The summed E-state index contributed by atoms with van der Waals surface area (Å²) in [5, 5.41) is 13.5. The summed E-state index contributed by atoms with van der Waals surface area (Å²) in [5.41, 5.74) is 2.23. The molecule has 0 amide bonds. The van der Waals surface area contributed by atoms with Gasteiger partial charge in [0.2, 0.25) is 0 Å². The molecule has 0 radical (unpaired) electrons. The monoisotopic (exact) mass is 221 g/mol. The van der Waals surface area contributed by atoms with Crippen molar-refractivity contribution in [3.05, 3.63) is 23.3 Å². The zero-order valence-corrected chi connectivity index (χ0v) is 9.92. The van der Waals surface area contributed by atoms with E-state index in [1.807, 2.05) is 12.1 Å². The third kappa shape index (κ3) is 2.00. The minimum atomic E-state index is 0.328. The average molecular weight is 221 g/mol. The Morgan fingerprint density at radius 1 is 1.31 bits per heavy atom. The smallest absolute Gasteiger partial charge is 0.161 e. The highest BCUT2D eigenvalue weighted by Crippen LogP contribution is 2.40. The number of aromatic hydroxyl groups is 1. The van der Waals surface area contributed by atoms with Crippen LogP contribution in [0.5, 0.6) is 11.5 Å². The molecule has 2 rings (SSSR count). The van der Waals surface area contributed by atoms with E-state index in [0.717, 1.165) is 37.1 Å². The molecule has 0 unspecified atom stereocenters. The fraction of sp³-hybridized carbons (Fsp3) is 0.538. The molecule has 16 heavy (non-hydrogen) atoms. The van der Waals surface area contributed by atoms with Crippen molar-refractivity contribution in [2.24, 2.45) is 0 Å². The Bertz CT molecular complexity index is 370. The molecule has 88 valence electrons. The third-order valence-electron chi connectivity index (χ3n) is 3.37. The van der Waals surface area contributed by atoms with Crippen molar-refractivity contribution in [3.8, 4) is 11.5 Å². The van der Waals surface area contributed by atoms with Gasteiger partial charge in [-0.15, -0.1) is 0 Å². The third-order valence-corrected chi connectivity index (χ3v) is 3.37. The van der Waals surface area contributed by atoms with E-state index in [4.69, 9.17) is 4.74 Å². The molecule has 1 aromatic carbocycles. The summed E-state index contributed by atoms with van der Waals surface area (Å²) in [6.45, 7) is 4.11. The van der Waals surface area contributed by atoms with Crippen LogP contribution < -0.4 is 10.1 Å². The van der Waals surface area contributed by atoms with Crippen LogP contribution in [0.4, 0.5) is 0 Å². The molecular weight excluding hydrogens is 202 g/mol. The van der Waals surface area contributed by atoms with E-state index in [1.165, 1.54) is 0 Å². The topological polar surface area (TPSA) is 41.5 Å². The number of methoxy groups -OCH3 is 1. The summed E-state index contributed by atoms with van der Waals surface area (Å²) in [4.78, 5) is 0. The molecule has 1 aliphatic heterocycles. The number of ether oxygens (including phenoxy) is 1. The molecule has 1 heterocycles. The Morgan fingerprint density at radius 3 is 2.62 bits per heavy atom. The normalized spacial score (nSPS) is 17.4. The first kappa shape index (κ1) is 11.3. The maximum Gasteiger partial charge on any atom is 0.161 e. The van der Waals surface area contributed by atoms with Crippen LogP contribution in [-0.4, -0.2) is 25.3 Å². The van der Waals surface area contributed by atoms with Crippen LogP contribution >= 0.6 is 0 Å². The lowest BCUT2D eigenvalue weighted by Crippen LogP contribution is -2.27. The highest BCUT2D eigenvalue weighted by atomic mass is 16.5. The Kier molecular flexibility index (Phi) is 3.34. The minimum absolute atomic E-state index is 0.328. The molecule has 0 aromatic heterocycles. The zero-order chi connectivity index (χ0) is 11.5. The fourth-order valence-corrected chi connectivity index (χ4v) is 2.48. The largest absolute Gasteiger partial charge is 0.504 e. The lowest BCUT2D eigenvalue weighted by Gasteiger charge is -2.25. The van der Waals surface area contributed by atoms with Crippen molar-refractivity contribution in [1.29, 1.82) is 0 Å². The molecule has 1 aliphatic rings. The lowest BCUT2D eigenvalue weighted by atomic mass is 9.86. The molecule has 1 saturated heterocycles. The van der Waals surface area contributed by atoms with Gasteiger partial charge in [0.15, 0.2) is 11.5 Å². The van der Waals surface area contributed by atoms with Gasteiger partial charge in [0, 0.05) is 5.56 Å². The van der Waals surface area contributed by atoms with Gasteiger partial charge in [-0.25, -0.2) is 0 Å². The van der Waals surface area contributed by atoms with Crippen molar-refractivity contribution < 1.29 is 9.84 Å². The van der Waals surface area contributed by atoms with Gasteiger partial charge in [0.25, 0.3) is 0 Å². The number of phenols is 1. The maximum absolute atomic E-state index is 10.2. The van der Waals surface area contributed by atoms with Crippen molar-refractivity contribution in [2.75, 3.05) is 20.2 Å². The lowest BCUT2D eigenvalue weighted by molar-refractivity contribution is 0.362. The van der Waals surface area contributed by atoms with E-state index in [0.29, 0.717) is 17.4 Å². The van der Waals surface area contributed by atoms with Crippen molar-refractivity contribution in [1.82, 2.24) is 5.32 Å². The van der Waals surface area contributed by atoms with Crippen molar-refractivity contribution >= 4 is 0 Å². The van der Waals surface area contributed by atoms with Gasteiger partial charge in [-0.2, -0.15) is 0 Å². The van der Waals surface area contributed by atoms with E-state index in [1.54, 1.807) is 7.11 Å². The van der Waals surface area contributed by atoms with Gasteiger partial charge in [0.05, 0.1) is 7.11 Å². The molecule has 0 aliphatic carbocycles. The number of rotatable bonds is 2. The van der Waals surface area contributed by atoms with Gasteiger partial charge in [-0.05, 0) is 50.4 Å².